The van der Waals surface area contributed by atoms with E-state index in [1.807, 2.05) is 0 Å². The van der Waals surface area contributed by atoms with Crippen molar-refractivity contribution in [3.05, 3.63) is 0 Å². The molecule has 0 aromatic heterocycles. The summed E-state index contributed by atoms with van der Waals surface area (Å²) in [5.74, 6) is 1.80. The standard InChI is InChI=1S/C15H30N2/c1-4-16-15-9-10-17(11-12(15)2)13(3)14-7-5-6-8-14/h12-16H,4-11H2,1-3H3. The van der Waals surface area contributed by atoms with E-state index in [2.05, 4.69) is 31.0 Å². The first-order chi connectivity index (χ1) is 8.22. The summed E-state index contributed by atoms with van der Waals surface area (Å²) in [6.07, 6.45) is 7.23. The number of nitrogens with zero attached hydrogens (tertiary/aromatic N) is 1. The number of nitrogens with one attached hydrogen (secondary N) is 1. The molecule has 0 bridgehead atoms. The predicted octanol–water partition coefficient (Wildman–Crippen LogP) is 2.89. The van der Waals surface area contributed by atoms with Crippen LogP contribution in [0.5, 0.6) is 0 Å². The molecular weight excluding hydrogens is 208 g/mol. The molecule has 0 spiro atoms. The molecule has 0 radical (unpaired) electrons. The molecular formula is C15H30N2. The lowest BCUT2D eigenvalue weighted by atomic mass is 9.90. The normalized spacial score (nSPS) is 34.1. The Balaban J connectivity index is 1.83. The van der Waals surface area contributed by atoms with Crippen molar-refractivity contribution in [2.24, 2.45) is 11.8 Å². The Bertz CT molecular complexity index is 223. The molecule has 2 fully saturated rings. The molecule has 100 valence electrons. The fourth-order valence-corrected chi connectivity index (χ4v) is 3.85. The lowest BCUT2D eigenvalue weighted by molar-refractivity contribution is 0.0834. The Hall–Kier alpha value is -0.0800. The Morgan fingerprint density at radius 1 is 1.24 bits per heavy atom. The zero-order chi connectivity index (χ0) is 12.3. The van der Waals surface area contributed by atoms with Crippen LogP contribution in [0.3, 0.4) is 0 Å². The average molecular weight is 238 g/mol. The Labute approximate surface area is 107 Å². The topological polar surface area (TPSA) is 15.3 Å². The van der Waals surface area contributed by atoms with Crippen molar-refractivity contribution in [1.82, 2.24) is 10.2 Å². The molecule has 1 aliphatic carbocycles. The third kappa shape index (κ3) is 3.23. The first kappa shape index (κ1) is 13.4. The maximum Gasteiger partial charge on any atom is 0.0117 e. The fourth-order valence-electron chi connectivity index (χ4n) is 3.85. The molecule has 1 saturated heterocycles. The second-order valence-corrected chi connectivity index (χ2v) is 6.21. The first-order valence-corrected chi connectivity index (χ1v) is 7.69. The van der Waals surface area contributed by atoms with Gasteiger partial charge in [0.05, 0.1) is 0 Å². The lowest BCUT2D eigenvalue weighted by Crippen LogP contribution is -2.52. The van der Waals surface area contributed by atoms with Gasteiger partial charge in [-0.05, 0) is 51.1 Å². The monoisotopic (exact) mass is 238 g/mol. The van der Waals surface area contributed by atoms with Crippen molar-refractivity contribution in [3.63, 3.8) is 0 Å². The highest BCUT2D eigenvalue weighted by atomic mass is 15.2. The van der Waals surface area contributed by atoms with Gasteiger partial charge < -0.3 is 10.2 Å². The number of hydrogen-bond donors (Lipinski definition) is 1. The molecule has 1 saturated carbocycles. The van der Waals surface area contributed by atoms with E-state index in [0.29, 0.717) is 0 Å². The number of likely N-dealkylation sites (tertiary alicyclic amines) is 1. The molecule has 1 N–H and O–H groups in total. The third-order valence-electron chi connectivity index (χ3n) is 5.06. The smallest absolute Gasteiger partial charge is 0.0117 e. The molecule has 2 heteroatoms. The Kier molecular flexibility index (Phi) is 4.87. The molecule has 1 aliphatic heterocycles. The molecule has 3 unspecified atom stereocenters. The fraction of sp³-hybridized carbons (Fsp3) is 1.00. The minimum Gasteiger partial charge on any atom is -0.314 e. The SMILES string of the molecule is CCNC1CCN(C(C)C2CCCC2)CC1C. The summed E-state index contributed by atoms with van der Waals surface area (Å²) >= 11 is 0. The molecule has 0 aromatic carbocycles. The van der Waals surface area contributed by atoms with Gasteiger partial charge in [-0.2, -0.15) is 0 Å². The summed E-state index contributed by atoms with van der Waals surface area (Å²) in [6.45, 7) is 10.8. The van der Waals surface area contributed by atoms with Crippen LogP contribution in [0.1, 0.15) is 52.9 Å². The van der Waals surface area contributed by atoms with E-state index in [1.54, 1.807) is 0 Å². The number of piperidine rings is 1. The number of rotatable bonds is 4. The van der Waals surface area contributed by atoms with Crippen LogP contribution in [0.25, 0.3) is 0 Å². The van der Waals surface area contributed by atoms with E-state index in [-0.39, 0.29) is 0 Å². The predicted molar refractivity (Wildman–Crippen MR) is 74.2 cm³/mol. The van der Waals surface area contributed by atoms with E-state index in [1.165, 1.54) is 45.2 Å². The van der Waals surface area contributed by atoms with Crippen molar-refractivity contribution >= 4 is 0 Å². The minimum atomic E-state index is 0.757. The Morgan fingerprint density at radius 2 is 1.94 bits per heavy atom. The van der Waals surface area contributed by atoms with E-state index < -0.39 is 0 Å². The summed E-state index contributed by atoms with van der Waals surface area (Å²) in [7, 11) is 0. The first-order valence-electron chi connectivity index (χ1n) is 7.69. The van der Waals surface area contributed by atoms with Gasteiger partial charge in [-0.25, -0.2) is 0 Å². The van der Waals surface area contributed by atoms with Crippen LogP contribution >= 0.6 is 0 Å². The van der Waals surface area contributed by atoms with Crippen LogP contribution in [0, 0.1) is 11.8 Å². The quantitative estimate of drug-likeness (QED) is 0.810. The highest BCUT2D eigenvalue weighted by Crippen LogP contribution is 2.32. The Morgan fingerprint density at radius 3 is 2.53 bits per heavy atom. The van der Waals surface area contributed by atoms with Crippen molar-refractivity contribution in [1.29, 1.82) is 0 Å². The van der Waals surface area contributed by atoms with Gasteiger partial charge in [0.2, 0.25) is 0 Å². The van der Waals surface area contributed by atoms with Crippen LogP contribution in [-0.4, -0.2) is 36.6 Å². The van der Waals surface area contributed by atoms with E-state index >= 15 is 0 Å². The van der Waals surface area contributed by atoms with Crippen molar-refractivity contribution in [3.8, 4) is 0 Å². The summed E-state index contributed by atoms with van der Waals surface area (Å²) in [4.78, 5) is 2.76. The van der Waals surface area contributed by atoms with E-state index in [0.717, 1.165) is 30.5 Å². The van der Waals surface area contributed by atoms with Crippen LogP contribution in [-0.2, 0) is 0 Å². The van der Waals surface area contributed by atoms with Crippen molar-refractivity contribution in [2.45, 2.75) is 65.0 Å². The zero-order valence-corrected chi connectivity index (χ0v) is 11.9. The van der Waals surface area contributed by atoms with Gasteiger partial charge in [0.25, 0.3) is 0 Å². The van der Waals surface area contributed by atoms with Crippen LogP contribution in [0.15, 0.2) is 0 Å². The molecule has 0 amide bonds. The lowest BCUT2D eigenvalue weighted by Gasteiger charge is -2.42. The third-order valence-corrected chi connectivity index (χ3v) is 5.06. The average Bonchev–Trinajstić information content (AvgIpc) is 2.84. The zero-order valence-electron chi connectivity index (χ0n) is 11.9. The highest BCUT2D eigenvalue weighted by Gasteiger charge is 2.32. The highest BCUT2D eigenvalue weighted by molar-refractivity contribution is 4.87. The molecule has 2 rings (SSSR count). The van der Waals surface area contributed by atoms with Crippen molar-refractivity contribution < 1.29 is 0 Å². The van der Waals surface area contributed by atoms with Gasteiger partial charge in [0.15, 0.2) is 0 Å². The summed E-state index contributed by atoms with van der Waals surface area (Å²) in [6, 6.07) is 1.58. The molecule has 0 aromatic rings. The largest absolute Gasteiger partial charge is 0.314 e. The maximum atomic E-state index is 3.64. The van der Waals surface area contributed by atoms with E-state index in [9.17, 15) is 0 Å². The molecule has 17 heavy (non-hydrogen) atoms. The van der Waals surface area contributed by atoms with Gasteiger partial charge in [-0.3, -0.25) is 0 Å². The van der Waals surface area contributed by atoms with E-state index in [4.69, 9.17) is 0 Å². The second kappa shape index (κ2) is 6.19. The second-order valence-electron chi connectivity index (χ2n) is 6.21. The summed E-state index contributed by atoms with van der Waals surface area (Å²) < 4.78 is 0. The van der Waals surface area contributed by atoms with Gasteiger partial charge in [0.1, 0.15) is 0 Å². The molecule has 2 nitrogen and oxygen atoms in total. The summed E-state index contributed by atoms with van der Waals surface area (Å²) in [5.41, 5.74) is 0. The maximum absolute atomic E-state index is 3.64. The van der Waals surface area contributed by atoms with Gasteiger partial charge >= 0.3 is 0 Å². The van der Waals surface area contributed by atoms with Crippen LogP contribution in [0.2, 0.25) is 0 Å². The number of hydrogen-bond acceptors (Lipinski definition) is 2. The molecule has 1 heterocycles. The van der Waals surface area contributed by atoms with Gasteiger partial charge in [-0.15, -0.1) is 0 Å². The van der Waals surface area contributed by atoms with Crippen molar-refractivity contribution in [2.75, 3.05) is 19.6 Å². The summed E-state index contributed by atoms with van der Waals surface area (Å²) in [5, 5.41) is 3.64. The van der Waals surface area contributed by atoms with Crippen LogP contribution < -0.4 is 5.32 Å². The molecule has 3 atom stereocenters. The van der Waals surface area contributed by atoms with Gasteiger partial charge in [0, 0.05) is 18.6 Å². The molecule has 2 aliphatic rings. The van der Waals surface area contributed by atoms with Crippen LogP contribution in [0.4, 0.5) is 0 Å². The minimum absolute atomic E-state index is 0.757. The van der Waals surface area contributed by atoms with Gasteiger partial charge in [-0.1, -0.05) is 26.7 Å².